The fraction of sp³-hybridized carbons (Fsp3) is 0.875. The third-order valence-electron chi connectivity index (χ3n) is 1.69. The van der Waals surface area contributed by atoms with Crippen LogP contribution in [0, 0.1) is 0 Å². The second-order valence-corrected chi connectivity index (χ2v) is 2.86. The Morgan fingerprint density at radius 3 is 2.50 bits per heavy atom. The Kier molecular flexibility index (Phi) is 5.66. The monoisotopic (exact) mass is 174 g/mol. The van der Waals surface area contributed by atoms with Crippen LogP contribution in [0.25, 0.3) is 0 Å². The van der Waals surface area contributed by atoms with Gasteiger partial charge in [0.15, 0.2) is 0 Å². The zero-order valence-electron chi connectivity index (χ0n) is 8.18. The first-order chi connectivity index (χ1) is 5.61. The molecule has 0 saturated carbocycles. The van der Waals surface area contributed by atoms with Crippen molar-refractivity contribution in [2.24, 2.45) is 0 Å². The molecule has 0 aromatic carbocycles. The Labute approximate surface area is 73.6 Å². The van der Waals surface area contributed by atoms with Gasteiger partial charge in [0.2, 0.25) is 5.91 Å². The topological polar surface area (TPSA) is 50.4 Å². The van der Waals surface area contributed by atoms with Crippen LogP contribution in [-0.4, -0.2) is 25.1 Å². The number of nitrogens with one attached hydrogen (secondary N) is 2. The average molecular weight is 174 g/mol. The Balaban J connectivity index is 3.70. The van der Waals surface area contributed by atoms with Crippen molar-refractivity contribution >= 4 is 5.91 Å². The highest BCUT2D eigenvalue weighted by Gasteiger charge is 2.13. The van der Waals surface area contributed by atoms with Crippen molar-refractivity contribution in [3.8, 4) is 0 Å². The van der Waals surface area contributed by atoms with Gasteiger partial charge < -0.3 is 10.2 Å². The molecule has 0 spiro atoms. The standard InChI is InChI=1S/C8H18N2O2/c1-5-6(2)9-8(11)7(3)10-12-4/h6-7,10H,5H2,1-4H3,(H,9,11). The summed E-state index contributed by atoms with van der Waals surface area (Å²) in [5, 5.41) is 2.83. The number of hydroxylamine groups is 1. The molecule has 0 aromatic rings. The molecule has 1 amide bonds. The molecule has 0 rings (SSSR count). The minimum atomic E-state index is -0.302. The van der Waals surface area contributed by atoms with Crippen LogP contribution in [0.3, 0.4) is 0 Å². The van der Waals surface area contributed by atoms with E-state index in [-0.39, 0.29) is 18.0 Å². The largest absolute Gasteiger partial charge is 0.352 e. The zero-order valence-corrected chi connectivity index (χ0v) is 8.18. The van der Waals surface area contributed by atoms with Gasteiger partial charge in [-0.2, -0.15) is 5.48 Å². The van der Waals surface area contributed by atoms with Gasteiger partial charge in [0.1, 0.15) is 6.04 Å². The van der Waals surface area contributed by atoms with E-state index in [0.29, 0.717) is 0 Å². The molecule has 72 valence electrons. The Hall–Kier alpha value is -0.610. The van der Waals surface area contributed by atoms with Gasteiger partial charge in [0.05, 0.1) is 7.11 Å². The van der Waals surface area contributed by atoms with E-state index < -0.39 is 0 Å². The maximum atomic E-state index is 11.2. The van der Waals surface area contributed by atoms with E-state index >= 15 is 0 Å². The Bertz CT molecular complexity index is 139. The molecule has 0 heterocycles. The fourth-order valence-corrected chi connectivity index (χ4v) is 0.700. The number of amides is 1. The van der Waals surface area contributed by atoms with Crippen LogP contribution in [0.4, 0.5) is 0 Å². The second-order valence-electron chi connectivity index (χ2n) is 2.86. The normalized spacial score (nSPS) is 15.3. The molecule has 0 aromatic heterocycles. The van der Waals surface area contributed by atoms with Crippen LogP contribution < -0.4 is 10.8 Å². The quantitative estimate of drug-likeness (QED) is 0.595. The van der Waals surface area contributed by atoms with Gasteiger partial charge in [-0.3, -0.25) is 4.79 Å². The molecule has 0 saturated heterocycles. The van der Waals surface area contributed by atoms with Gasteiger partial charge in [-0.1, -0.05) is 6.92 Å². The summed E-state index contributed by atoms with van der Waals surface area (Å²) in [7, 11) is 1.49. The minimum Gasteiger partial charge on any atom is -0.352 e. The fourth-order valence-electron chi connectivity index (χ4n) is 0.700. The van der Waals surface area contributed by atoms with E-state index in [2.05, 4.69) is 15.6 Å². The van der Waals surface area contributed by atoms with Gasteiger partial charge in [0.25, 0.3) is 0 Å². The summed E-state index contributed by atoms with van der Waals surface area (Å²) in [5.74, 6) is -0.0359. The van der Waals surface area contributed by atoms with Crippen molar-refractivity contribution in [1.82, 2.24) is 10.8 Å². The number of rotatable bonds is 5. The highest BCUT2D eigenvalue weighted by Crippen LogP contribution is 1.89. The van der Waals surface area contributed by atoms with Crippen LogP contribution >= 0.6 is 0 Å². The molecule has 12 heavy (non-hydrogen) atoms. The third kappa shape index (κ3) is 4.31. The smallest absolute Gasteiger partial charge is 0.239 e. The lowest BCUT2D eigenvalue weighted by atomic mass is 10.2. The highest BCUT2D eigenvalue weighted by atomic mass is 16.6. The Morgan fingerprint density at radius 2 is 2.08 bits per heavy atom. The number of hydrogen-bond donors (Lipinski definition) is 2. The van der Waals surface area contributed by atoms with Crippen molar-refractivity contribution in [1.29, 1.82) is 0 Å². The predicted molar refractivity (Wildman–Crippen MR) is 47.5 cm³/mol. The summed E-state index contributed by atoms with van der Waals surface area (Å²) in [6, 6.07) is -0.0809. The van der Waals surface area contributed by atoms with E-state index in [4.69, 9.17) is 0 Å². The van der Waals surface area contributed by atoms with E-state index in [0.717, 1.165) is 6.42 Å². The average Bonchev–Trinajstić information content (AvgIpc) is 2.04. The molecule has 4 nitrogen and oxygen atoms in total. The maximum absolute atomic E-state index is 11.2. The summed E-state index contributed by atoms with van der Waals surface area (Å²) in [6.45, 7) is 5.75. The molecule has 2 atom stereocenters. The first-order valence-corrected chi connectivity index (χ1v) is 4.20. The van der Waals surface area contributed by atoms with Crippen LogP contribution in [0.5, 0.6) is 0 Å². The molecule has 0 radical (unpaired) electrons. The molecular formula is C8H18N2O2. The summed E-state index contributed by atoms with van der Waals surface area (Å²) in [5.41, 5.74) is 2.56. The Morgan fingerprint density at radius 1 is 1.50 bits per heavy atom. The van der Waals surface area contributed by atoms with Gasteiger partial charge >= 0.3 is 0 Å². The lowest BCUT2D eigenvalue weighted by Crippen LogP contribution is -2.44. The van der Waals surface area contributed by atoms with Crippen LogP contribution in [0.15, 0.2) is 0 Å². The van der Waals surface area contributed by atoms with Crippen molar-refractivity contribution in [3.63, 3.8) is 0 Å². The predicted octanol–water partition coefficient (Wildman–Crippen LogP) is 0.441. The van der Waals surface area contributed by atoms with Crippen molar-refractivity contribution in [2.45, 2.75) is 39.3 Å². The molecule has 2 unspecified atom stereocenters. The number of carbonyl (C=O) groups is 1. The minimum absolute atomic E-state index is 0.0359. The number of hydrogen-bond acceptors (Lipinski definition) is 3. The summed E-state index contributed by atoms with van der Waals surface area (Å²) in [4.78, 5) is 15.9. The molecule has 4 heteroatoms. The second kappa shape index (κ2) is 5.97. The molecule has 0 aliphatic carbocycles. The first-order valence-electron chi connectivity index (χ1n) is 4.20. The summed E-state index contributed by atoms with van der Waals surface area (Å²) in [6.07, 6.45) is 0.936. The van der Waals surface area contributed by atoms with Crippen LogP contribution in [-0.2, 0) is 9.63 Å². The SMILES string of the molecule is CCC(C)NC(=O)C(C)NOC. The van der Waals surface area contributed by atoms with Crippen LogP contribution in [0.1, 0.15) is 27.2 Å². The van der Waals surface area contributed by atoms with E-state index in [1.807, 2.05) is 13.8 Å². The van der Waals surface area contributed by atoms with Gasteiger partial charge in [-0.15, -0.1) is 0 Å². The van der Waals surface area contributed by atoms with Gasteiger partial charge in [0, 0.05) is 6.04 Å². The van der Waals surface area contributed by atoms with Gasteiger partial charge in [-0.25, -0.2) is 0 Å². The van der Waals surface area contributed by atoms with Gasteiger partial charge in [-0.05, 0) is 20.3 Å². The first kappa shape index (κ1) is 11.4. The van der Waals surface area contributed by atoms with Crippen molar-refractivity contribution in [2.75, 3.05) is 7.11 Å². The zero-order chi connectivity index (χ0) is 9.56. The lowest BCUT2D eigenvalue weighted by Gasteiger charge is -2.15. The summed E-state index contributed by atoms with van der Waals surface area (Å²) < 4.78 is 0. The summed E-state index contributed by atoms with van der Waals surface area (Å²) >= 11 is 0. The van der Waals surface area contributed by atoms with Crippen LogP contribution in [0.2, 0.25) is 0 Å². The van der Waals surface area contributed by atoms with E-state index in [9.17, 15) is 4.79 Å². The van der Waals surface area contributed by atoms with E-state index in [1.54, 1.807) is 6.92 Å². The third-order valence-corrected chi connectivity index (χ3v) is 1.69. The molecule has 0 bridgehead atoms. The van der Waals surface area contributed by atoms with Crippen molar-refractivity contribution in [3.05, 3.63) is 0 Å². The molecular weight excluding hydrogens is 156 g/mol. The van der Waals surface area contributed by atoms with Crippen molar-refractivity contribution < 1.29 is 9.63 Å². The molecule has 0 aliphatic heterocycles. The van der Waals surface area contributed by atoms with E-state index in [1.165, 1.54) is 7.11 Å². The lowest BCUT2D eigenvalue weighted by molar-refractivity contribution is -0.126. The maximum Gasteiger partial charge on any atom is 0.239 e. The molecule has 0 aliphatic rings. The highest BCUT2D eigenvalue weighted by molar-refractivity contribution is 5.81. The number of carbonyl (C=O) groups excluding carboxylic acids is 1. The molecule has 0 fully saturated rings. The molecule has 2 N–H and O–H groups in total.